The van der Waals surface area contributed by atoms with Crippen molar-refractivity contribution < 1.29 is 18.7 Å². The fourth-order valence-corrected chi connectivity index (χ4v) is 4.80. The van der Waals surface area contributed by atoms with E-state index < -0.39 is 11.8 Å². The lowest BCUT2D eigenvalue weighted by Crippen LogP contribution is -2.24. The van der Waals surface area contributed by atoms with Crippen LogP contribution in [0.3, 0.4) is 0 Å². The van der Waals surface area contributed by atoms with Crippen molar-refractivity contribution in [1.82, 2.24) is 19.7 Å². The number of rotatable bonds is 13. The van der Waals surface area contributed by atoms with Crippen LogP contribution in [0.2, 0.25) is 0 Å². The average Bonchev–Trinajstić information content (AvgIpc) is 3.43. The van der Waals surface area contributed by atoms with Gasteiger partial charge in [-0.05, 0) is 69.7 Å². The summed E-state index contributed by atoms with van der Waals surface area (Å²) in [6.45, 7) is 15.2. The molecule has 4 aromatic rings. The molecule has 2 aromatic carbocycles. The molecule has 0 saturated heterocycles. The van der Waals surface area contributed by atoms with Gasteiger partial charge in [-0.25, -0.2) is 13.9 Å². The van der Waals surface area contributed by atoms with Crippen LogP contribution in [0.15, 0.2) is 66.9 Å². The van der Waals surface area contributed by atoms with Gasteiger partial charge in [0.1, 0.15) is 23.1 Å². The minimum Gasteiger partial charge on any atom is -0.457 e. The van der Waals surface area contributed by atoms with Crippen molar-refractivity contribution >= 4 is 23.3 Å². The van der Waals surface area contributed by atoms with E-state index in [1.54, 1.807) is 47.3 Å². The maximum Gasteiger partial charge on any atom is 0.324 e. The maximum atomic E-state index is 15.0. The number of nitrogens with one attached hydrogen (secondary N) is 2. The highest BCUT2D eigenvalue weighted by Gasteiger charge is 2.22. The van der Waals surface area contributed by atoms with Crippen molar-refractivity contribution in [2.24, 2.45) is 0 Å². The number of pyridine rings is 1. The van der Waals surface area contributed by atoms with E-state index >= 15 is 0 Å². The molecule has 0 spiro atoms. The minimum absolute atomic E-state index is 0.0125. The zero-order chi connectivity index (χ0) is 32.6. The highest BCUT2D eigenvalue weighted by Crippen LogP contribution is 2.28. The minimum atomic E-state index is -0.652. The molecule has 0 atom stereocenters. The molecule has 45 heavy (non-hydrogen) atoms. The third kappa shape index (κ3) is 9.21. The van der Waals surface area contributed by atoms with Gasteiger partial charge in [0.25, 0.3) is 0 Å². The zero-order valence-corrected chi connectivity index (χ0v) is 27.0. The number of carbonyl (C=O) groups excluding carboxylic acids is 2. The number of anilines is 2. The number of nitrogens with zero attached hydrogens (tertiary/aromatic N) is 4. The number of benzene rings is 2. The molecule has 238 valence electrons. The van der Waals surface area contributed by atoms with Crippen molar-refractivity contribution in [3.8, 4) is 17.2 Å². The normalized spacial score (nSPS) is 11.5. The maximum absolute atomic E-state index is 15.0. The first kappa shape index (κ1) is 33.3. The Morgan fingerprint density at radius 3 is 2.40 bits per heavy atom. The van der Waals surface area contributed by atoms with E-state index in [2.05, 4.69) is 34.4 Å². The van der Waals surface area contributed by atoms with Gasteiger partial charge in [0.15, 0.2) is 5.78 Å². The summed E-state index contributed by atoms with van der Waals surface area (Å²) in [6, 6.07) is 16.0. The topological polar surface area (TPSA) is 101 Å². The fourth-order valence-electron chi connectivity index (χ4n) is 4.80. The van der Waals surface area contributed by atoms with Crippen LogP contribution in [0, 0.1) is 12.7 Å². The number of halogens is 1. The predicted molar refractivity (Wildman–Crippen MR) is 176 cm³/mol. The van der Waals surface area contributed by atoms with Gasteiger partial charge >= 0.3 is 6.03 Å². The molecule has 0 unspecified atom stereocenters. The Bertz CT molecular complexity index is 1620. The Hall–Kier alpha value is -4.57. The van der Waals surface area contributed by atoms with Gasteiger partial charge in [0.2, 0.25) is 0 Å². The van der Waals surface area contributed by atoms with Gasteiger partial charge in [0, 0.05) is 47.5 Å². The number of ether oxygens (including phenoxy) is 1. The predicted octanol–water partition coefficient (Wildman–Crippen LogP) is 8.14. The van der Waals surface area contributed by atoms with Gasteiger partial charge in [0.05, 0.1) is 17.1 Å². The van der Waals surface area contributed by atoms with Crippen LogP contribution < -0.4 is 15.4 Å². The van der Waals surface area contributed by atoms with Crippen molar-refractivity contribution in [3.05, 3.63) is 89.6 Å². The molecule has 2 amide bonds. The van der Waals surface area contributed by atoms with Crippen molar-refractivity contribution in [1.29, 1.82) is 0 Å². The first-order valence-electron chi connectivity index (χ1n) is 15.4. The SMILES string of the molecule is CCN(CC)CCCCC(=O)c1cccc(-n2nc(C(C)(C)C)cc2NC(=O)Nc2ccc(Oc3ccnc(C)c3)cc2F)c1. The smallest absolute Gasteiger partial charge is 0.324 e. The van der Waals surface area contributed by atoms with E-state index in [1.807, 2.05) is 39.8 Å². The Morgan fingerprint density at radius 2 is 1.71 bits per heavy atom. The third-order valence-corrected chi connectivity index (χ3v) is 7.45. The Balaban J connectivity index is 1.48. The number of urea groups is 1. The Labute approximate surface area is 264 Å². The Morgan fingerprint density at radius 1 is 0.956 bits per heavy atom. The van der Waals surface area contributed by atoms with Crippen LogP contribution in [0.5, 0.6) is 11.5 Å². The number of carbonyl (C=O) groups is 2. The molecule has 0 fully saturated rings. The van der Waals surface area contributed by atoms with E-state index in [4.69, 9.17) is 9.84 Å². The molecule has 4 rings (SSSR count). The first-order chi connectivity index (χ1) is 21.5. The van der Waals surface area contributed by atoms with Gasteiger partial charge in [-0.2, -0.15) is 5.10 Å². The number of aromatic nitrogens is 3. The summed E-state index contributed by atoms with van der Waals surface area (Å²) in [6.07, 6.45) is 3.85. The van der Waals surface area contributed by atoms with E-state index in [0.29, 0.717) is 29.2 Å². The van der Waals surface area contributed by atoms with Crippen molar-refractivity contribution in [2.75, 3.05) is 30.3 Å². The number of aryl methyl sites for hydroxylation is 1. The molecule has 9 nitrogen and oxygen atoms in total. The van der Waals surface area contributed by atoms with Crippen molar-refractivity contribution in [2.45, 2.75) is 66.2 Å². The summed E-state index contributed by atoms with van der Waals surface area (Å²) in [7, 11) is 0. The van der Waals surface area contributed by atoms with E-state index in [9.17, 15) is 14.0 Å². The molecule has 2 aromatic heterocycles. The molecule has 2 N–H and O–H groups in total. The quantitative estimate of drug-likeness (QED) is 0.116. The van der Waals surface area contributed by atoms with Gasteiger partial charge in [-0.1, -0.05) is 46.8 Å². The number of amides is 2. The lowest BCUT2D eigenvalue weighted by Gasteiger charge is -2.17. The second-order valence-corrected chi connectivity index (χ2v) is 12.0. The van der Waals surface area contributed by atoms with E-state index in [0.717, 1.165) is 43.9 Å². The molecular formula is C35H43FN6O3. The molecule has 0 bridgehead atoms. The number of unbranched alkanes of at least 4 members (excludes halogenated alkanes) is 1. The summed E-state index contributed by atoms with van der Waals surface area (Å²) >= 11 is 0. The second-order valence-electron chi connectivity index (χ2n) is 12.0. The summed E-state index contributed by atoms with van der Waals surface area (Å²) in [4.78, 5) is 32.6. The summed E-state index contributed by atoms with van der Waals surface area (Å²) in [5.74, 6) is 0.615. The largest absolute Gasteiger partial charge is 0.457 e. The molecular weight excluding hydrogens is 571 g/mol. The molecule has 0 aliphatic rings. The molecule has 0 aliphatic heterocycles. The molecule has 0 aliphatic carbocycles. The highest BCUT2D eigenvalue weighted by atomic mass is 19.1. The monoisotopic (exact) mass is 614 g/mol. The Kier molecular flexibility index (Phi) is 11.1. The number of Topliss-reactive ketones (excluding diaryl/α,β-unsaturated/α-hetero) is 1. The highest BCUT2D eigenvalue weighted by molar-refractivity contribution is 6.00. The van der Waals surface area contributed by atoms with Gasteiger partial charge in [-0.15, -0.1) is 0 Å². The molecule has 2 heterocycles. The first-order valence-corrected chi connectivity index (χ1v) is 15.4. The van der Waals surface area contributed by atoms with E-state index in [1.165, 1.54) is 12.1 Å². The van der Waals surface area contributed by atoms with Gasteiger partial charge in [-0.3, -0.25) is 15.1 Å². The summed E-state index contributed by atoms with van der Waals surface area (Å²) in [5.41, 5.74) is 2.41. The van der Waals surface area contributed by atoms with Crippen LogP contribution in [-0.2, 0) is 5.41 Å². The van der Waals surface area contributed by atoms with Crippen LogP contribution >= 0.6 is 0 Å². The van der Waals surface area contributed by atoms with Crippen LogP contribution in [0.4, 0.5) is 20.7 Å². The molecule has 0 saturated carbocycles. The van der Waals surface area contributed by atoms with E-state index in [-0.39, 0.29) is 22.6 Å². The average molecular weight is 615 g/mol. The summed E-state index contributed by atoms with van der Waals surface area (Å²) in [5, 5.41) is 10.1. The number of hydrogen-bond donors (Lipinski definition) is 2. The number of ketones is 1. The molecule has 0 radical (unpaired) electrons. The van der Waals surface area contributed by atoms with Crippen LogP contribution in [0.1, 0.15) is 75.6 Å². The van der Waals surface area contributed by atoms with Crippen LogP contribution in [-0.4, -0.2) is 51.1 Å². The van der Waals surface area contributed by atoms with Crippen LogP contribution in [0.25, 0.3) is 5.69 Å². The van der Waals surface area contributed by atoms with Crippen molar-refractivity contribution in [3.63, 3.8) is 0 Å². The second kappa shape index (κ2) is 14.9. The van der Waals surface area contributed by atoms with Gasteiger partial charge < -0.3 is 15.0 Å². The fraction of sp³-hybridized carbons (Fsp3) is 0.371. The summed E-state index contributed by atoms with van der Waals surface area (Å²) < 4.78 is 22.3. The lowest BCUT2D eigenvalue weighted by molar-refractivity contribution is 0.0978. The molecule has 10 heteroatoms. The zero-order valence-electron chi connectivity index (χ0n) is 27.0. The third-order valence-electron chi connectivity index (χ3n) is 7.45. The number of hydrogen-bond acceptors (Lipinski definition) is 6. The standard InChI is InChI=1S/C35H43FN6O3/c1-7-41(8-2)19-10-9-14-31(43)25-12-11-13-26(21-25)42-33(23-32(40-42)35(4,5)6)39-34(44)38-30-16-15-27(22-29(30)36)45-28-17-18-37-24(3)20-28/h11-13,15-18,20-23H,7-10,14,19H2,1-6H3,(H2,38,39,44). The lowest BCUT2D eigenvalue weighted by atomic mass is 9.92.